The Balaban J connectivity index is 2.23. The molecule has 0 heterocycles. The van der Waals surface area contributed by atoms with Gasteiger partial charge < -0.3 is 35.9 Å². The van der Waals surface area contributed by atoms with Crippen molar-refractivity contribution in [2.45, 2.75) is 71.3 Å². The summed E-state index contributed by atoms with van der Waals surface area (Å²) in [4.78, 5) is 49.2. The first-order valence-corrected chi connectivity index (χ1v) is 15.1. The summed E-state index contributed by atoms with van der Waals surface area (Å²) in [5, 5.41) is 8.23. The van der Waals surface area contributed by atoms with E-state index in [1.54, 1.807) is 7.05 Å². The molecule has 42 heavy (non-hydrogen) atoms. The topological polar surface area (TPSA) is 158 Å². The van der Waals surface area contributed by atoms with Gasteiger partial charge in [0, 0.05) is 46.1 Å². The minimum atomic E-state index is -0.585. The summed E-state index contributed by atoms with van der Waals surface area (Å²) in [6.45, 7) is 8.23. The van der Waals surface area contributed by atoms with Gasteiger partial charge in [0.15, 0.2) is 5.78 Å². The number of ether oxygens (including phenoxy) is 3. The average Bonchev–Trinajstić information content (AvgIpc) is 2.97. The van der Waals surface area contributed by atoms with Crippen molar-refractivity contribution in [2.24, 2.45) is 11.7 Å². The van der Waals surface area contributed by atoms with Crippen molar-refractivity contribution in [3.8, 4) is 0 Å². The van der Waals surface area contributed by atoms with Gasteiger partial charge in [-0.25, -0.2) is 0 Å². The molecular formula is C31H52N4O7. The Hall–Kier alpha value is -2.86. The van der Waals surface area contributed by atoms with Gasteiger partial charge in [-0.1, -0.05) is 38.1 Å². The van der Waals surface area contributed by atoms with Crippen molar-refractivity contribution in [3.05, 3.63) is 35.4 Å². The molecule has 0 spiro atoms. The average molecular weight is 593 g/mol. The van der Waals surface area contributed by atoms with E-state index in [0.717, 1.165) is 17.5 Å². The van der Waals surface area contributed by atoms with E-state index in [0.29, 0.717) is 84.8 Å². The summed E-state index contributed by atoms with van der Waals surface area (Å²) >= 11 is 0. The zero-order chi connectivity index (χ0) is 31.0. The number of rotatable bonds is 25. The van der Waals surface area contributed by atoms with Crippen molar-refractivity contribution in [1.29, 1.82) is 0 Å². The highest BCUT2D eigenvalue weighted by molar-refractivity contribution is 5.90. The molecule has 1 aromatic rings. The Morgan fingerprint density at radius 1 is 0.762 bits per heavy atom. The Morgan fingerprint density at radius 3 is 1.93 bits per heavy atom. The van der Waals surface area contributed by atoms with Crippen molar-refractivity contribution in [2.75, 3.05) is 59.8 Å². The van der Waals surface area contributed by atoms with Crippen molar-refractivity contribution >= 4 is 23.5 Å². The molecule has 0 fully saturated rings. The number of Topliss-reactive ketones (excluding diaryl/α,β-unsaturated/α-hetero) is 1. The molecule has 0 aromatic heterocycles. The molecule has 0 saturated carbocycles. The van der Waals surface area contributed by atoms with Crippen molar-refractivity contribution < 1.29 is 33.4 Å². The molecule has 1 rings (SSSR count). The first kappa shape index (κ1) is 37.2. The van der Waals surface area contributed by atoms with Crippen LogP contribution in [0.3, 0.4) is 0 Å². The number of ketones is 1. The van der Waals surface area contributed by atoms with Crippen LogP contribution in [-0.2, 0) is 46.2 Å². The van der Waals surface area contributed by atoms with Crippen LogP contribution >= 0.6 is 0 Å². The van der Waals surface area contributed by atoms with E-state index in [-0.39, 0.29) is 42.3 Å². The van der Waals surface area contributed by atoms with Crippen LogP contribution in [0.4, 0.5) is 0 Å². The molecule has 5 N–H and O–H groups in total. The van der Waals surface area contributed by atoms with E-state index < -0.39 is 6.04 Å². The standard InChI is InChI=1S/C31H52N4O7/c1-24(2)22-27(28(36)11-10-25-6-8-26(9-7-25)23-31(39)33-3)35-30(38)13-12-29(37)34-15-5-17-41-19-21-42-20-18-40-16-4-14-32/h6-9,24,27H,4-5,10-23,32H2,1-3H3,(H,33,39)(H,34,37)(H,35,38). The number of nitrogens with two attached hydrogens (primary N) is 1. The van der Waals surface area contributed by atoms with Crippen LogP contribution in [0.5, 0.6) is 0 Å². The fourth-order valence-electron chi connectivity index (χ4n) is 3.99. The van der Waals surface area contributed by atoms with E-state index >= 15 is 0 Å². The van der Waals surface area contributed by atoms with Crippen LogP contribution in [0, 0.1) is 5.92 Å². The molecular weight excluding hydrogens is 540 g/mol. The predicted molar refractivity (Wildman–Crippen MR) is 162 cm³/mol. The molecule has 3 amide bonds. The van der Waals surface area contributed by atoms with Gasteiger partial charge in [0.05, 0.1) is 38.9 Å². The Labute approximate surface area is 251 Å². The van der Waals surface area contributed by atoms with E-state index in [9.17, 15) is 19.2 Å². The van der Waals surface area contributed by atoms with Gasteiger partial charge in [-0.15, -0.1) is 0 Å². The van der Waals surface area contributed by atoms with Gasteiger partial charge in [-0.3, -0.25) is 19.2 Å². The third-order valence-electron chi connectivity index (χ3n) is 6.36. The maximum absolute atomic E-state index is 13.0. The third kappa shape index (κ3) is 19.3. The maximum Gasteiger partial charge on any atom is 0.224 e. The van der Waals surface area contributed by atoms with E-state index in [2.05, 4.69) is 16.0 Å². The van der Waals surface area contributed by atoms with Gasteiger partial charge in [0.2, 0.25) is 17.7 Å². The third-order valence-corrected chi connectivity index (χ3v) is 6.36. The zero-order valence-electron chi connectivity index (χ0n) is 25.7. The molecule has 0 aliphatic carbocycles. The SMILES string of the molecule is CNC(=O)Cc1ccc(CCC(=O)C(CC(C)C)NC(=O)CCC(=O)NCCCOCCOCCOCCCN)cc1. The lowest BCUT2D eigenvalue weighted by Crippen LogP contribution is -2.42. The van der Waals surface area contributed by atoms with Crippen LogP contribution in [-0.4, -0.2) is 89.3 Å². The highest BCUT2D eigenvalue weighted by Gasteiger charge is 2.22. The molecule has 1 aromatic carbocycles. The van der Waals surface area contributed by atoms with Crippen LogP contribution in [0.25, 0.3) is 0 Å². The van der Waals surface area contributed by atoms with E-state index in [4.69, 9.17) is 19.9 Å². The first-order chi connectivity index (χ1) is 20.2. The van der Waals surface area contributed by atoms with Crippen LogP contribution in [0.15, 0.2) is 24.3 Å². The molecule has 0 saturated heterocycles. The van der Waals surface area contributed by atoms with Crippen LogP contribution < -0.4 is 21.7 Å². The molecule has 0 radical (unpaired) electrons. The number of hydrogen-bond donors (Lipinski definition) is 4. The molecule has 0 bridgehead atoms. The van der Waals surface area contributed by atoms with Gasteiger partial charge in [0.1, 0.15) is 0 Å². The van der Waals surface area contributed by atoms with Crippen LogP contribution in [0.1, 0.15) is 63.5 Å². The minimum Gasteiger partial charge on any atom is -0.379 e. The smallest absolute Gasteiger partial charge is 0.224 e. The number of hydrogen-bond acceptors (Lipinski definition) is 8. The quantitative estimate of drug-likeness (QED) is 0.125. The number of amides is 3. The Bertz CT molecular complexity index is 909. The fourth-order valence-corrected chi connectivity index (χ4v) is 3.99. The van der Waals surface area contributed by atoms with Crippen molar-refractivity contribution in [1.82, 2.24) is 16.0 Å². The largest absolute Gasteiger partial charge is 0.379 e. The molecule has 11 nitrogen and oxygen atoms in total. The summed E-state index contributed by atoms with van der Waals surface area (Å²) < 4.78 is 16.2. The number of aryl methyl sites for hydroxylation is 1. The highest BCUT2D eigenvalue weighted by Crippen LogP contribution is 2.12. The lowest BCUT2D eigenvalue weighted by Gasteiger charge is -2.20. The molecule has 0 aliphatic heterocycles. The Kier molecular flexibility index (Phi) is 20.9. The second-order valence-electron chi connectivity index (χ2n) is 10.6. The normalized spacial score (nSPS) is 11.7. The summed E-state index contributed by atoms with van der Waals surface area (Å²) in [6, 6.07) is 7.04. The van der Waals surface area contributed by atoms with E-state index in [1.165, 1.54) is 0 Å². The number of nitrogens with one attached hydrogen (secondary N) is 3. The minimum absolute atomic E-state index is 0.0181. The van der Waals surface area contributed by atoms with Gasteiger partial charge in [-0.05, 0) is 49.3 Å². The molecule has 1 unspecified atom stereocenters. The zero-order valence-corrected chi connectivity index (χ0v) is 25.7. The maximum atomic E-state index is 13.0. The second kappa shape index (κ2) is 23.7. The first-order valence-electron chi connectivity index (χ1n) is 15.1. The highest BCUT2D eigenvalue weighted by atomic mass is 16.5. The predicted octanol–water partition coefficient (Wildman–Crippen LogP) is 1.69. The number of benzene rings is 1. The fraction of sp³-hybridized carbons (Fsp3) is 0.677. The molecule has 11 heteroatoms. The van der Waals surface area contributed by atoms with Gasteiger partial charge in [-0.2, -0.15) is 0 Å². The molecule has 238 valence electrons. The number of carbonyl (C=O) groups is 4. The van der Waals surface area contributed by atoms with Crippen LogP contribution in [0.2, 0.25) is 0 Å². The lowest BCUT2D eigenvalue weighted by atomic mass is 9.95. The molecule has 1 atom stereocenters. The molecule has 0 aliphatic rings. The van der Waals surface area contributed by atoms with Gasteiger partial charge >= 0.3 is 0 Å². The second-order valence-corrected chi connectivity index (χ2v) is 10.6. The summed E-state index contributed by atoms with van der Waals surface area (Å²) in [5.41, 5.74) is 7.29. The summed E-state index contributed by atoms with van der Waals surface area (Å²) in [5.74, 6) is -0.384. The Morgan fingerprint density at radius 2 is 1.33 bits per heavy atom. The monoisotopic (exact) mass is 592 g/mol. The summed E-state index contributed by atoms with van der Waals surface area (Å²) in [7, 11) is 1.60. The summed E-state index contributed by atoms with van der Waals surface area (Å²) in [6.07, 6.45) is 3.26. The van der Waals surface area contributed by atoms with Gasteiger partial charge in [0.25, 0.3) is 0 Å². The van der Waals surface area contributed by atoms with E-state index in [1.807, 2.05) is 38.1 Å². The number of carbonyl (C=O) groups excluding carboxylic acids is 4. The number of likely N-dealkylation sites (N-methyl/N-ethyl adjacent to an activating group) is 1. The lowest BCUT2D eigenvalue weighted by molar-refractivity contribution is -0.129. The van der Waals surface area contributed by atoms with Crippen molar-refractivity contribution in [3.63, 3.8) is 0 Å².